The molecule has 0 aliphatic carbocycles. The number of ether oxygens (including phenoxy) is 2. The number of benzene rings is 1. The van der Waals surface area contributed by atoms with Crippen LogP contribution in [0.2, 0.25) is 0 Å². The van der Waals surface area contributed by atoms with E-state index in [1.807, 2.05) is 6.92 Å². The van der Waals surface area contributed by atoms with Crippen LogP contribution < -0.4 is 4.74 Å². The highest BCUT2D eigenvalue weighted by atomic mass is 16.5. The molecule has 18 heavy (non-hydrogen) atoms. The first kappa shape index (κ1) is 14.2. The zero-order valence-electron chi connectivity index (χ0n) is 11.4. The molecule has 0 aliphatic heterocycles. The maximum Gasteiger partial charge on any atom is 0.319 e. The van der Waals surface area contributed by atoms with Crippen molar-refractivity contribution in [3.63, 3.8) is 0 Å². The molecule has 0 spiro atoms. The molecule has 98 valence electrons. The number of methoxy groups -OCH3 is 2. The summed E-state index contributed by atoms with van der Waals surface area (Å²) in [5, 5.41) is 0. The van der Waals surface area contributed by atoms with Gasteiger partial charge in [0.25, 0.3) is 0 Å². The maximum atomic E-state index is 12.3. The molecule has 0 heterocycles. The highest BCUT2D eigenvalue weighted by Gasteiger charge is 2.37. The number of hydrogen-bond acceptors (Lipinski definition) is 4. The third kappa shape index (κ3) is 2.53. The van der Waals surface area contributed by atoms with Crippen LogP contribution >= 0.6 is 0 Å². The van der Waals surface area contributed by atoms with Gasteiger partial charge in [-0.25, -0.2) is 0 Å². The third-order valence-electron chi connectivity index (χ3n) is 2.92. The van der Waals surface area contributed by atoms with Crippen LogP contribution in [0, 0.1) is 12.3 Å². The van der Waals surface area contributed by atoms with Crippen molar-refractivity contribution >= 4 is 11.8 Å². The highest BCUT2D eigenvalue weighted by Crippen LogP contribution is 2.26. The second kappa shape index (κ2) is 5.21. The van der Waals surface area contributed by atoms with Gasteiger partial charge >= 0.3 is 5.97 Å². The summed E-state index contributed by atoms with van der Waals surface area (Å²) in [4.78, 5) is 23.9. The van der Waals surface area contributed by atoms with E-state index in [0.29, 0.717) is 11.3 Å². The summed E-state index contributed by atoms with van der Waals surface area (Å²) in [6.45, 7) is 4.96. The predicted molar refractivity (Wildman–Crippen MR) is 67.9 cm³/mol. The molecule has 1 rings (SSSR count). The lowest BCUT2D eigenvalue weighted by Crippen LogP contribution is -2.34. The number of carbonyl (C=O) groups is 2. The van der Waals surface area contributed by atoms with Crippen molar-refractivity contribution in [3.05, 3.63) is 29.3 Å². The molecule has 0 aromatic heterocycles. The number of aryl methyl sites for hydroxylation is 1. The van der Waals surface area contributed by atoms with Gasteiger partial charge < -0.3 is 9.47 Å². The van der Waals surface area contributed by atoms with Crippen molar-refractivity contribution in [2.24, 2.45) is 5.41 Å². The van der Waals surface area contributed by atoms with Crippen molar-refractivity contribution in [3.8, 4) is 5.75 Å². The fourth-order valence-corrected chi connectivity index (χ4v) is 1.73. The van der Waals surface area contributed by atoms with Crippen molar-refractivity contribution < 1.29 is 19.1 Å². The predicted octanol–water partition coefficient (Wildman–Crippen LogP) is 2.39. The zero-order chi connectivity index (χ0) is 13.9. The first-order valence-electron chi connectivity index (χ1n) is 5.62. The second-order valence-electron chi connectivity index (χ2n) is 4.63. The Kier molecular flexibility index (Phi) is 4.11. The molecule has 0 atom stereocenters. The van der Waals surface area contributed by atoms with E-state index < -0.39 is 11.4 Å². The van der Waals surface area contributed by atoms with Crippen molar-refractivity contribution in [2.75, 3.05) is 14.2 Å². The first-order chi connectivity index (χ1) is 8.34. The Morgan fingerprint density at radius 1 is 1.17 bits per heavy atom. The van der Waals surface area contributed by atoms with Crippen LogP contribution in [0.4, 0.5) is 0 Å². The summed E-state index contributed by atoms with van der Waals surface area (Å²) in [7, 11) is 2.85. The molecule has 0 radical (unpaired) electrons. The summed E-state index contributed by atoms with van der Waals surface area (Å²) in [5.74, 6) is -0.0940. The Hall–Kier alpha value is -1.84. The number of Topliss-reactive ketones (excluding diaryl/α,β-unsaturated/α-hetero) is 1. The van der Waals surface area contributed by atoms with Crippen LogP contribution in [0.5, 0.6) is 5.75 Å². The first-order valence-corrected chi connectivity index (χ1v) is 5.62. The normalized spacial score (nSPS) is 10.9. The number of carbonyl (C=O) groups excluding carboxylic acids is 2. The van der Waals surface area contributed by atoms with Crippen LogP contribution in [-0.4, -0.2) is 26.0 Å². The molecular weight excluding hydrogens is 232 g/mol. The van der Waals surface area contributed by atoms with Gasteiger partial charge in [-0.05, 0) is 44.5 Å². The van der Waals surface area contributed by atoms with E-state index in [1.54, 1.807) is 39.2 Å². The van der Waals surface area contributed by atoms with E-state index in [-0.39, 0.29) is 5.78 Å². The maximum absolute atomic E-state index is 12.3. The molecule has 0 aliphatic rings. The van der Waals surface area contributed by atoms with Crippen molar-refractivity contribution in [1.29, 1.82) is 0 Å². The van der Waals surface area contributed by atoms with E-state index >= 15 is 0 Å². The zero-order valence-corrected chi connectivity index (χ0v) is 11.4. The van der Waals surface area contributed by atoms with Crippen LogP contribution in [0.25, 0.3) is 0 Å². The molecule has 0 N–H and O–H groups in total. The third-order valence-corrected chi connectivity index (χ3v) is 2.92. The highest BCUT2D eigenvalue weighted by molar-refractivity contribution is 6.11. The van der Waals surface area contributed by atoms with E-state index in [1.165, 1.54) is 7.11 Å². The summed E-state index contributed by atoms with van der Waals surface area (Å²) in [6, 6.07) is 5.08. The van der Waals surface area contributed by atoms with Gasteiger partial charge in [0.15, 0.2) is 5.78 Å². The van der Waals surface area contributed by atoms with Crippen LogP contribution in [-0.2, 0) is 9.53 Å². The van der Waals surface area contributed by atoms with E-state index in [0.717, 1.165) is 5.56 Å². The molecule has 4 nitrogen and oxygen atoms in total. The minimum atomic E-state index is -1.18. The molecule has 0 saturated heterocycles. The number of rotatable bonds is 4. The second-order valence-corrected chi connectivity index (χ2v) is 4.63. The molecule has 0 fully saturated rings. The Morgan fingerprint density at radius 3 is 2.22 bits per heavy atom. The number of esters is 1. The molecular formula is C14H18O4. The van der Waals surface area contributed by atoms with E-state index in [9.17, 15) is 9.59 Å². The van der Waals surface area contributed by atoms with Gasteiger partial charge in [0.1, 0.15) is 11.2 Å². The summed E-state index contributed by atoms with van der Waals surface area (Å²) in [5.41, 5.74) is 0.142. The standard InChI is InChI=1S/C14H18O4/c1-9-8-10(6-7-11(9)17-4)12(15)14(2,3)13(16)18-5/h6-8H,1-5H3. The quantitative estimate of drug-likeness (QED) is 0.467. The molecule has 0 bridgehead atoms. The van der Waals surface area contributed by atoms with Gasteiger partial charge in [-0.1, -0.05) is 0 Å². The fraction of sp³-hybridized carbons (Fsp3) is 0.429. The lowest BCUT2D eigenvalue weighted by atomic mass is 9.84. The average molecular weight is 250 g/mol. The minimum absolute atomic E-state index is 0.264. The Bertz CT molecular complexity index is 475. The van der Waals surface area contributed by atoms with Gasteiger partial charge in [0.2, 0.25) is 0 Å². The van der Waals surface area contributed by atoms with Gasteiger partial charge in [-0.2, -0.15) is 0 Å². The Balaban J connectivity index is 3.12. The Morgan fingerprint density at radius 2 is 1.78 bits per heavy atom. The van der Waals surface area contributed by atoms with Gasteiger partial charge in [0.05, 0.1) is 14.2 Å². The van der Waals surface area contributed by atoms with E-state index in [4.69, 9.17) is 4.74 Å². The summed E-state index contributed by atoms with van der Waals surface area (Å²) >= 11 is 0. The molecule has 0 amide bonds. The molecule has 0 unspecified atom stereocenters. The lowest BCUT2D eigenvalue weighted by molar-refractivity contribution is -0.147. The van der Waals surface area contributed by atoms with Crippen molar-refractivity contribution in [1.82, 2.24) is 0 Å². The lowest BCUT2D eigenvalue weighted by Gasteiger charge is -2.20. The van der Waals surface area contributed by atoms with Gasteiger partial charge in [-0.3, -0.25) is 9.59 Å². The van der Waals surface area contributed by atoms with Crippen LogP contribution in [0.3, 0.4) is 0 Å². The number of hydrogen-bond donors (Lipinski definition) is 0. The van der Waals surface area contributed by atoms with E-state index in [2.05, 4.69) is 4.74 Å². The number of ketones is 1. The summed E-state index contributed by atoms with van der Waals surface area (Å²) in [6.07, 6.45) is 0. The van der Waals surface area contributed by atoms with Gasteiger partial charge in [0, 0.05) is 5.56 Å². The summed E-state index contributed by atoms with van der Waals surface area (Å²) < 4.78 is 9.78. The van der Waals surface area contributed by atoms with Crippen LogP contribution in [0.1, 0.15) is 29.8 Å². The monoisotopic (exact) mass is 250 g/mol. The van der Waals surface area contributed by atoms with Crippen LogP contribution in [0.15, 0.2) is 18.2 Å². The minimum Gasteiger partial charge on any atom is -0.496 e. The topological polar surface area (TPSA) is 52.6 Å². The Labute approximate surface area is 107 Å². The van der Waals surface area contributed by atoms with Gasteiger partial charge in [-0.15, -0.1) is 0 Å². The molecule has 1 aromatic carbocycles. The van der Waals surface area contributed by atoms with Crippen molar-refractivity contribution in [2.45, 2.75) is 20.8 Å². The molecule has 4 heteroatoms. The average Bonchev–Trinajstić information content (AvgIpc) is 2.36. The largest absolute Gasteiger partial charge is 0.496 e. The molecule has 1 aromatic rings. The molecule has 0 saturated carbocycles. The SMILES string of the molecule is COC(=O)C(C)(C)C(=O)c1ccc(OC)c(C)c1. The fourth-order valence-electron chi connectivity index (χ4n) is 1.73. The smallest absolute Gasteiger partial charge is 0.319 e.